The third kappa shape index (κ3) is 9.63. The third-order valence-corrected chi connectivity index (χ3v) is 2.10. The van der Waals surface area contributed by atoms with E-state index in [1.54, 1.807) is 0 Å². The van der Waals surface area contributed by atoms with E-state index in [1.165, 1.54) is 4.72 Å². The number of sulfonamides is 1. The average Bonchev–Trinajstić information content (AvgIpc) is 1.99. The summed E-state index contributed by atoms with van der Waals surface area (Å²) in [7, 11) is -4.15. The molecule has 90 valence electrons. The quantitative estimate of drug-likeness (QED) is 0.721. The molecule has 1 N–H and O–H groups in total. The van der Waals surface area contributed by atoms with E-state index in [2.05, 4.69) is 4.74 Å². The van der Waals surface area contributed by atoms with Crippen LogP contribution in [-0.4, -0.2) is 39.5 Å². The van der Waals surface area contributed by atoms with Gasteiger partial charge < -0.3 is 4.74 Å². The van der Waals surface area contributed by atoms with Crippen molar-refractivity contribution >= 4 is 15.8 Å². The summed E-state index contributed by atoms with van der Waals surface area (Å²) in [5.41, 5.74) is 0. The first-order chi connectivity index (χ1) is 6.62. The molecular formula is C6H10F3NO4S. The normalized spacial score (nSPS) is 12.8. The van der Waals surface area contributed by atoms with Gasteiger partial charge in [0.1, 0.15) is 13.2 Å². The summed E-state index contributed by atoms with van der Waals surface area (Å²) in [4.78, 5) is 10.3. The van der Waals surface area contributed by atoms with E-state index >= 15 is 0 Å². The number of carbonyl (C=O) groups is 1. The summed E-state index contributed by atoms with van der Waals surface area (Å²) in [6.45, 7) is -0.943. The molecule has 15 heavy (non-hydrogen) atoms. The summed E-state index contributed by atoms with van der Waals surface area (Å²) in [6, 6.07) is 0. The zero-order valence-corrected chi connectivity index (χ0v) is 8.61. The highest BCUT2D eigenvalue weighted by Crippen LogP contribution is 2.12. The topological polar surface area (TPSA) is 72.5 Å². The Morgan fingerprint density at radius 1 is 1.40 bits per heavy atom. The summed E-state index contributed by atoms with van der Waals surface area (Å²) >= 11 is 0. The van der Waals surface area contributed by atoms with E-state index in [9.17, 15) is 26.4 Å². The number of ether oxygens (including phenoxy) is 1. The van der Waals surface area contributed by atoms with Crippen LogP contribution in [0.3, 0.4) is 0 Å². The van der Waals surface area contributed by atoms with E-state index in [0.717, 1.165) is 6.92 Å². The number of hydrogen-bond acceptors (Lipinski definition) is 4. The lowest BCUT2D eigenvalue weighted by molar-refractivity contribution is -0.122. The number of Topliss-reactive ketones (excluding diaryl/α,β-unsaturated/α-hetero) is 1. The number of nitrogens with one attached hydrogen (secondary N) is 1. The van der Waals surface area contributed by atoms with Gasteiger partial charge in [0.25, 0.3) is 0 Å². The molecule has 0 aromatic rings. The van der Waals surface area contributed by atoms with E-state index in [-0.39, 0.29) is 0 Å². The van der Waals surface area contributed by atoms with Crippen LogP contribution < -0.4 is 4.72 Å². The van der Waals surface area contributed by atoms with Crippen LogP contribution in [0.2, 0.25) is 0 Å². The predicted octanol–water partition coefficient (Wildman–Crippen LogP) is 0.0312. The molecule has 0 spiro atoms. The molecule has 0 amide bonds. The Morgan fingerprint density at radius 3 is 2.33 bits per heavy atom. The minimum absolute atomic E-state index is 0.416. The fourth-order valence-electron chi connectivity index (χ4n) is 0.529. The number of alkyl halides is 3. The summed E-state index contributed by atoms with van der Waals surface area (Å²) in [5, 5.41) is 0. The molecule has 9 heteroatoms. The maximum atomic E-state index is 11.6. The Kier molecular flexibility index (Phi) is 5.18. The van der Waals surface area contributed by atoms with Crippen molar-refractivity contribution in [2.24, 2.45) is 0 Å². The van der Waals surface area contributed by atoms with E-state index in [0.29, 0.717) is 0 Å². The smallest absolute Gasteiger partial charge is 0.356 e. The predicted molar refractivity (Wildman–Crippen MR) is 44.5 cm³/mol. The Labute approximate surface area is 84.6 Å². The fraction of sp³-hybridized carbons (Fsp3) is 0.833. The van der Waals surface area contributed by atoms with E-state index in [4.69, 9.17) is 0 Å². The first-order valence-electron chi connectivity index (χ1n) is 3.74. The van der Waals surface area contributed by atoms with Crippen LogP contribution in [0.5, 0.6) is 0 Å². The highest BCUT2D eigenvalue weighted by atomic mass is 32.2. The van der Waals surface area contributed by atoms with Crippen molar-refractivity contribution in [3.05, 3.63) is 0 Å². The van der Waals surface area contributed by atoms with Gasteiger partial charge in [0.05, 0.1) is 0 Å². The second-order valence-corrected chi connectivity index (χ2v) is 4.47. The summed E-state index contributed by atoms with van der Waals surface area (Å²) in [6.07, 6.45) is -4.62. The summed E-state index contributed by atoms with van der Waals surface area (Å²) in [5.74, 6) is -1.39. The van der Waals surface area contributed by atoms with Gasteiger partial charge in [-0.05, 0) is 6.92 Å². The van der Waals surface area contributed by atoms with Gasteiger partial charge in [-0.3, -0.25) is 4.79 Å². The summed E-state index contributed by atoms with van der Waals surface area (Å²) < 4.78 is 62.1. The molecule has 0 radical (unpaired) electrons. The lowest BCUT2D eigenvalue weighted by atomic mass is 10.5. The molecule has 0 atom stereocenters. The number of ketones is 1. The molecule has 0 heterocycles. The first kappa shape index (κ1) is 14.3. The lowest BCUT2D eigenvalue weighted by Gasteiger charge is -2.08. The molecule has 0 aliphatic carbocycles. The standard InChI is InChI=1S/C6H10F3NO4S/c1-5(11)2-14-4-15(12,13)10-3-6(7,8)9/h10H,2-4H2,1H3. The van der Waals surface area contributed by atoms with Gasteiger partial charge in [0, 0.05) is 0 Å². The zero-order valence-electron chi connectivity index (χ0n) is 7.80. The molecule has 0 aliphatic rings. The average molecular weight is 249 g/mol. The van der Waals surface area contributed by atoms with Gasteiger partial charge in [-0.2, -0.15) is 13.2 Å². The SMILES string of the molecule is CC(=O)COCS(=O)(=O)NCC(F)(F)F. The third-order valence-electron chi connectivity index (χ3n) is 1.04. The van der Waals surface area contributed by atoms with Crippen molar-refractivity contribution in [3.63, 3.8) is 0 Å². The lowest BCUT2D eigenvalue weighted by Crippen LogP contribution is -2.36. The molecule has 0 rings (SSSR count). The largest absolute Gasteiger partial charge is 0.402 e. The second kappa shape index (κ2) is 5.42. The van der Waals surface area contributed by atoms with Crippen molar-refractivity contribution in [1.82, 2.24) is 4.72 Å². The molecule has 0 bridgehead atoms. The van der Waals surface area contributed by atoms with Crippen LogP contribution in [0, 0.1) is 0 Å². The van der Waals surface area contributed by atoms with Crippen LogP contribution in [-0.2, 0) is 19.6 Å². The molecular weight excluding hydrogens is 239 g/mol. The fourth-order valence-corrected chi connectivity index (χ4v) is 1.30. The van der Waals surface area contributed by atoms with Gasteiger partial charge in [0.2, 0.25) is 10.0 Å². The first-order valence-corrected chi connectivity index (χ1v) is 5.39. The minimum Gasteiger partial charge on any atom is -0.356 e. The second-order valence-electron chi connectivity index (χ2n) is 2.72. The van der Waals surface area contributed by atoms with Crippen LogP contribution in [0.15, 0.2) is 0 Å². The molecule has 0 saturated heterocycles. The van der Waals surface area contributed by atoms with Crippen LogP contribution in [0.4, 0.5) is 13.2 Å². The zero-order chi connectivity index (χ0) is 12.1. The Balaban J connectivity index is 3.94. The molecule has 0 aliphatic heterocycles. The maximum Gasteiger partial charge on any atom is 0.402 e. The molecule has 0 unspecified atom stereocenters. The highest BCUT2D eigenvalue weighted by molar-refractivity contribution is 7.89. The van der Waals surface area contributed by atoms with Gasteiger partial charge in [-0.15, -0.1) is 0 Å². The van der Waals surface area contributed by atoms with Crippen molar-refractivity contribution in [2.75, 3.05) is 19.1 Å². The number of rotatable bonds is 6. The number of halogens is 3. The molecule has 0 aromatic heterocycles. The Hall–Kier alpha value is -0.670. The van der Waals surface area contributed by atoms with Crippen LogP contribution >= 0.6 is 0 Å². The molecule has 0 aromatic carbocycles. The van der Waals surface area contributed by atoms with Crippen molar-refractivity contribution in [3.8, 4) is 0 Å². The van der Waals surface area contributed by atoms with E-state index < -0.39 is 41.1 Å². The molecule has 0 fully saturated rings. The van der Waals surface area contributed by atoms with Gasteiger partial charge in [-0.25, -0.2) is 13.1 Å². The highest BCUT2D eigenvalue weighted by Gasteiger charge is 2.29. The maximum absolute atomic E-state index is 11.6. The Morgan fingerprint density at radius 2 is 1.93 bits per heavy atom. The monoisotopic (exact) mass is 249 g/mol. The van der Waals surface area contributed by atoms with Gasteiger partial charge in [-0.1, -0.05) is 0 Å². The van der Waals surface area contributed by atoms with Gasteiger partial charge >= 0.3 is 6.18 Å². The molecule has 5 nitrogen and oxygen atoms in total. The van der Waals surface area contributed by atoms with Crippen molar-refractivity contribution < 1.29 is 31.1 Å². The number of hydrogen-bond donors (Lipinski definition) is 1. The van der Waals surface area contributed by atoms with Gasteiger partial charge in [0.15, 0.2) is 11.7 Å². The van der Waals surface area contributed by atoms with Crippen LogP contribution in [0.1, 0.15) is 6.92 Å². The molecule has 0 saturated carbocycles. The van der Waals surface area contributed by atoms with E-state index in [1.807, 2.05) is 0 Å². The van der Waals surface area contributed by atoms with Crippen LogP contribution in [0.25, 0.3) is 0 Å². The van der Waals surface area contributed by atoms with Crippen molar-refractivity contribution in [2.45, 2.75) is 13.1 Å². The minimum atomic E-state index is -4.62. The van der Waals surface area contributed by atoms with Crippen molar-refractivity contribution in [1.29, 1.82) is 0 Å². The number of carbonyl (C=O) groups excluding carboxylic acids is 1. The Bertz CT molecular complexity index is 311.